The Hall–Kier alpha value is -1.35. The molecule has 1 aliphatic rings. The summed E-state index contributed by atoms with van der Waals surface area (Å²) in [7, 11) is 1.85. The molecule has 1 aliphatic heterocycles. The maximum atomic E-state index is 7.88. The van der Waals surface area contributed by atoms with E-state index in [0.29, 0.717) is 11.8 Å². The Morgan fingerprint density at radius 1 is 1.39 bits per heavy atom. The van der Waals surface area contributed by atoms with Crippen LogP contribution in [0.25, 0.3) is 0 Å². The molecule has 1 aromatic carbocycles. The number of likely N-dealkylation sites (tertiary alicyclic amines) is 1. The molecule has 3 heteroatoms. The van der Waals surface area contributed by atoms with Gasteiger partial charge in [0.05, 0.1) is 5.84 Å². The zero-order valence-corrected chi connectivity index (χ0v) is 11.2. The van der Waals surface area contributed by atoms with E-state index >= 15 is 0 Å². The summed E-state index contributed by atoms with van der Waals surface area (Å²) in [5, 5.41) is 10.9. The fourth-order valence-corrected chi connectivity index (χ4v) is 2.63. The lowest BCUT2D eigenvalue weighted by atomic mass is 9.96. The lowest BCUT2D eigenvalue weighted by molar-refractivity contribution is 0.205. The SMILES string of the molecule is CNC(=N)C1CCCN(CCc2ccccc2)C1. The minimum atomic E-state index is 0.402. The number of rotatable bonds is 4. The average molecular weight is 245 g/mol. The second kappa shape index (κ2) is 6.55. The Bertz CT molecular complexity index is 375. The van der Waals surface area contributed by atoms with Gasteiger partial charge in [-0.15, -0.1) is 0 Å². The number of nitrogens with one attached hydrogen (secondary N) is 2. The molecule has 1 atom stereocenters. The first kappa shape index (κ1) is 13.1. The van der Waals surface area contributed by atoms with Crippen molar-refractivity contribution in [3.8, 4) is 0 Å². The highest BCUT2D eigenvalue weighted by Gasteiger charge is 2.22. The van der Waals surface area contributed by atoms with Gasteiger partial charge in [-0.2, -0.15) is 0 Å². The third kappa shape index (κ3) is 3.57. The predicted molar refractivity (Wildman–Crippen MR) is 76.1 cm³/mol. The molecule has 0 radical (unpaired) electrons. The van der Waals surface area contributed by atoms with E-state index in [1.54, 1.807) is 0 Å². The van der Waals surface area contributed by atoms with Crippen molar-refractivity contribution in [2.24, 2.45) is 5.92 Å². The molecule has 1 aromatic rings. The van der Waals surface area contributed by atoms with Crippen molar-refractivity contribution in [1.29, 1.82) is 5.41 Å². The van der Waals surface area contributed by atoms with Crippen LogP contribution in [0, 0.1) is 11.3 Å². The molecule has 2 rings (SSSR count). The van der Waals surface area contributed by atoms with Crippen LogP contribution in [-0.2, 0) is 6.42 Å². The first-order valence-corrected chi connectivity index (χ1v) is 6.82. The molecule has 0 spiro atoms. The van der Waals surface area contributed by atoms with Crippen molar-refractivity contribution in [2.45, 2.75) is 19.3 Å². The number of piperidine rings is 1. The van der Waals surface area contributed by atoms with Crippen LogP contribution in [0.2, 0.25) is 0 Å². The number of hydrogen-bond acceptors (Lipinski definition) is 2. The Labute approximate surface area is 110 Å². The molecule has 1 saturated heterocycles. The van der Waals surface area contributed by atoms with Crippen LogP contribution < -0.4 is 5.32 Å². The molecule has 2 N–H and O–H groups in total. The third-order valence-electron chi connectivity index (χ3n) is 3.74. The van der Waals surface area contributed by atoms with E-state index < -0.39 is 0 Å². The first-order chi connectivity index (χ1) is 8.79. The number of hydrogen-bond donors (Lipinski definition) is 2. The zero-order chi connectivity index (χ0) is 12.8. The molecule has 0 aliphatic carbocycles. The molecule has 18 heavy (non-hydrogen) atoms. The topological polar surface area (TPSA) is 39.1 Å². The Morgan fingerprint density at radius 2 is 2.17 bits per heavy atom. The first-order valence-electron chi connectivity index (χ1n) is 6.82. The van der Waals surface area contributed by atoms with E-state index in [9.17, 15) is 0 Å². The average Bonchev–Trinajstić information content (AvgIpc) is 2.45. The van der Waals surface area contributed by atoms with Crippen molar-refractivity contribution in [1.82, 2.24) is 10.2 Å². The van der Waals surface area contributed by atoms with E-state index in [-0.39, 0.29) is 0 Å². The Kier molecular flexibility index (Phi) is 4.76. The normalized spacial score (nSPS) is 20.6. The second-order valence-electron chi connectivity index (χ2n) is 5.04. The van der Waals surface area contributed by atoms with Crippen LogP contribution >= 0.6 is 0 Å². The highest BCUT2D eigenvalue weighted by molar-refractivity contribution is 5.81. The van der Waals surface area contributed by atoms with E-state index in [2.05, 4.69) is 40.5 Å². The fourth-order valence-electron chi connectivity index (χ4n) is 2.63. The van der Waals surface area contributed by atoms with Crippen LogP contribution in [-0.4, -0.2) is 37.4 Å². The van der Waals surface area contributed by atoms with Gasteiger partial charge < -0.3 is 10.2 Å². The van der Waals surface area contributed by atoms with Gasteiger partial charge in [0.1, 0.15) is 0 Å². The molecule has 0 amide bonds. The van der Waals surface area contributed by atoms with Crippen LogP contribution in [0.5, 0.6) is 0 Å². The number of amidine groups is 1. The van der Waals surface area contributed by atoms with Crippen molar-refractivity contribution < 1.29 is 0 Å². The molecule has 0 saturated carbocycles. The fraction of sp³-hybridized carbons (Fsp3) is 0.533. The van der Waals surface area contributed by atoms with E-state index in [4.69, 9.17) is 5.41 Å². The minimum Gasteiger partial charge on any atom is -0.377 e. The Balaban J connectivity index is 1.81. The molecule has 1 fully saturated rings. The zero-order valence-electron chi connectivity index (χ0n) is 11.2. The van der Waals surface area contributed by atoms with E-state index in [1.807, 2.05) is 7.05 Å². The van der Waals surface area contributed by atoms with Gasteiger partial charge in [-0.1, -0.05) is 30.3 Å². The van der Waals surface area contributed by atoms with Crippen molar-refractivity contribution in [3.05, 3.63) is 35.9 Å². The molecule has 0 aromatic heterocycles. The minimum absolute atomic E-state index is 0.402. The summed E-state index contributed by atoms with van der Waals surface area (Å²) in [5.74, 6) is 1.10. The third-order valence-corrected chi connectivity index (χ3v) is 3.74. The lowest BCUT2D eigenvalue weighted by Gasteiger charge is -2.32. The number of nitrogens with zero attached hydrogens (tertiary/aromatic N) is 1. The van der Waals surface area contributed by atoms with E-state index in [0.717, 1.165) is 25.9 Å². The van der Waals surface area contributed by atoms with Gasteiger partial charge in [-0.05, 0) is 31.4 Å². The molecule has 1 unspecified atom stereocenters. The molecule has 3 nitrogen and oxygen atoms in total. The monoisotopic (exact) mass is 245 g/mol. The van der Waals surface area contributed by atoms with Gasteiger partial charge in [0, 0.05) is 26.1 Å². The van der Waals surface area contributed by atoms with Gasteiger partial charge in [0.15, 0.2) is 0 Å². The Morgan fingerprint density at radius 3 is 2.89 bits per heavy atom. The molecule has 1 heterocycles. The highest BCUT2D eigenvalue weighted by Crippen LogP contribution is 2.17. The largest absolute Gasteiger partial charge is 0.377 e. The van der Waals surface area contributed by atoms with E-state index in [1.165, 1.54) is 18.5 Å². The molecular weight excluding hydrogens is 222 g/mol. The summed E-state index contributed by atoms with van der Waals surface area (Å²) in [6.45, 7) is 3.32. The quantitative estimate of drug-likeness (QED) is 0.630. The maximum Gasteiger partial charge on any atom is 0.0973 e. The summed E-state index contributed by atoms with van der Waals surface area (Å²) < 4.78 is 0. The van der Waals surface area contributed by atoms with Crippen LogP contribution in [0.4, 0.5) is 0 Å². The standard InChI is InChI=1S/C15H23N3/c1-17-15(16)14-8-5-10-18(12-14)11-9-13-6-3-2-4-7-13/h2-4,6-7,14H,5,8-12H2,1H3,(H2,16,17). The van der Waals surface area contributed by atoms with Gasteiger partial charge in [-0.25, -0.2) is 0 Å². The van der Waals surface area contributed by atoms with Gasteiger partial charge in [0.25, 0.3) is 0 Å². The summed E-state index contributed by atoms with van der Waals surface area (Å²) in [5.41, 5.74) is 1.41. The summed E-state index contributed by atoms with van der Waals surface area (Å²) >= 11 is 0. The summed E-state index contributed by atoms with van der Waals surface area (Å²) in [4.78, 5) is 2.49. The molecule has 98 valence electrons. The maximum absolute atomic E-state index is 7.88. The van der Waals surface area contributed by atoms with Crippen molar-refractivity contribution in [3.63, 3.8) is 0 Å². The van der Waals surface area contributed by atoms with Crippen LogP contribution in [0.15, 0.2) is 30.3 Å². The molecular formula is C15H23N3. The summed E-state index contributed by atoms with van der Waals surface area (Å²) in [6, 6.07) is 10.7. The van der Waals surface area contributed by atoms with Gasteiger partial charge in [-0.3, -0.25) is 5.41 Å². The smallest absolute Gasteiger partial charge is 0.0973 e. The number of benzene rings is 1. The van der Waals surface area contributed by atoms with Crippen molar-refractivity contribution >= 4 is 5.84 Å². The van der Waals surface area contributed by atoms with Crippen molar-refractivity contribution in [2.75, 3.05) is 26.7 Å². The van der Waals surface area contributed by atoms with Gasteiger partial charge >= 0.3 is 0 Å². The van der Waals surface area contributed by atoms with Gasteiger partial charge in [0.2, 0.25) is 0 Å². The predicted octanol–water partition coefficient (Wildman–Crippen LogP) is 2.14. The second-order valence-corrected chi connectivity index (χ2v) is 5.04. The van der Waals surface area contributed by atoms with Crippen LogP contribution in [0.3, 0.4) is 0 Å². The lowest BCUT2D eigenvalue weighted by Crippen LogP contribution is -2.42. The van der Waals surface area contributed by atoms with Crippen LogP contribution in [0.1, 0.15) is 18.4 Å². The highest BCUT2D eigenvalue weighted by atomic mass is 15.1. The molecule has 0 bridgehead atoms. The summed E-state index contributed by atoms with van der Waals surface area (Å²) in [6.07, 6.45) is 3.48.